The molecule has 1 aliphatic rings. The van der Waals surface area contributed by atoms with E-state index in [9.17, 15) is 5.11 Å². The van der Waals surface area contributed by atoms with Crippen molar-refractivity contribution in [1.29, 1.82) is 0 Å². The van der Waals surface area contributed by atoms with Gasteiger partial charge >= 0.3 is 0 Å². The molecule has 1 aliphatic carbocycles. The van der Waals surface area contributed by atoms with Gasteiger partial charge in [-0.05, 0) is 31.5 Å². The third kappa shape index (κ3) is 2.12. The molecular weight excluding hydrogens is 266 g/mol. The number of imidazole rings is 1. The Morgan fingerprint density at radius 3 is 2.86 bits per heavy atom. The maximum Gasteiger partial charge on any atom is 0.135 e. The van der Waals surface area contributed by atoms with Crippen LogP contribution in [0.15, 0.2) is 18.2 Å². The molecule has 1 aromatic heterocycles. The van der Waals surface area contributed by atoms with Gasteiger partial charge in [0.05, 0.1) is 17.1 Å². The SMILES string of the molecule is CCOC1CC(n2c(CO)nc3cc(N)ccc32)C1(C)C. The summed E-state index contributed by atoms with van der Waals surface area (Å²) >= 11 is 0. The number of benzene rings is 1. The summed E-state index contributed by atoms with van der Waals surface area (Å²) in [6.07, 6.45) is 1.20. The van der Waals surface area contributed by atoms with E-state index in [0.29, 0.717) is 11.5 Å². The van der Waals surface area contributed by atoms with Crippen LogP contribution in [0.25, 0.3) is 11.0 Å². The van der Waals surface area contributed by atoms with Crippen molar-refractivity contribution in [1.82, 2.24) is 9.55 Å². The molecule has 0 saturated heterocycles. The predicted octanol–water partition coefficient (Wildman–Crippen LogP) is 2.49. The van der Waals surface area contributed by atoms with Gasteiger partial charge in [0, 0.05) is 23.8 Å². The first kappa shape index (κ1) is 14.4. The fraction of sp³-hybridized carbons (Fsp3) is 0.562. The zero-order chi connectivity index (χ0) is 15.2. The zero-order valence-electron chi connectivity index (χ0n) is 12.8. The summed E-state index contributed by atoms with van der Waals surface area (Å²) in [5, 5.41) is 9.65. The van der Waals surface area contributed by atoms with Gasteiger partial charge in [-0.25, -0.2) is 4.98 Å². The molecule has 1 aromatic carbocycles. The molecule has 0 radical (unpaired) electrons. The van der Waals surface area contributed by atoms with E-state index in [-0.39, 0.29) is 24.2 Å². The second-order valence-electron chi connectivity index (χ2n) is 6.32. The molecule has 1 fully saturated rings. The summed E-state index contributed by atoms with van der Waals surface area (Å²) in [7, 11) is 0. The molecule has 5 heteroatoms. The fourth-order valence-corrected chi connectivity index (χ4v) is 3.41. The summed E-state index contributed by atoms with van der Waals surface area (Å²) in [5.74, 6) is 0.698. The third-order valence-electron chi connectivity index (χ3n) is 4.73. The number of hydrogen-bond donors (Lipinski definition) is 2. The summed E-state index contributed by atoms with van der Waals surface area (Å²) in [5.41, 5.74) is 8.42. The van der Waals surface area contributed by atoms with E-state index in [1.165, 1.54) is 0 Å². The maximum atomic E-state index is 9.65. The average Bonchev–Trinajstić information content (AvgIpc) is 2.80. The second-order valence-corrected chi connectivity index (χ2v) is 6.32. The van der Waals surface area contributed by atoms with Gasteiger partial charge < -0.3 is 20.1 Å². The largest absolute Gasteiger partial charge is 0.399 e. The normalized spacial score (nSPS) is 24.2. The molecule has 114 valence electrons. The Hall–Kier alpha value is -1.59. The van der Waals surface area contributed by atoms with Crippen LogP contribution in [0.2, 0.25) is 0 Å². The lowest BCUT2D eigenvalue weighted by atomic mass is 9.64. The van der Waals surface area contributed by atoms with Crippen molar-refractivity contribution in [2.45, 2.75) is 45.9 Å². The number of nitrogens with two attached hydrogens (primary N) is 1. The number of nitrogen functional groups attached to an aromatic ring is 1. The van der Waals surface area contributed by atoms with E-state index in [4.69, 9.17) is 10.5 Å². The van der Waals surface area contributed by atoms with Gasteiger partial charge in [0.15, 0.2) is 0 Å². The van der Waals surface area contributed by atoms with E-state index >= 15 is 0 Å². The number of ether oxygens (including phenoxy) is 1. The van der Waals surface area contributed by atoms with Crippen LogP contribution >= 0.6 is 0 Å². The molecule has 2 aromatic rings. The molecule has 0 bridgehead atoms. The fourth-order valence-electron chi connectivity index (χ4n) is 3.41. The monoisotopic (exact) mass is 289 g/mol. The second kappa shape index (κ2) is 5.00. The van der Waals surface area contributed by atoms with E-state index < -0.39 is 0 Å². The van der Waals surface area contributed by atoms with Crippen molar-refractivity contribution in [2.24, 2.45) is 5.41 Å². The van der Waals surface area contributed by atoms with Crippen molar-refractivity contribution >= 4 is 16.7 Å². The minimum atomic E-state index is -0.0690. The summed E-state index contributed by atoms with van der Waals surface area (Å²) in [6, 6.07) is 6.01. The first-order valence-electron chi connectivity index (χ1n) is 7.47. The van der Waals surface area contributed by atoms with Crippen molar-refractivity contribution in [3.8, 4) is 0 Å². The van der Waals surface area contributed by atoms with Gasteiger partial charge in [-0.3, -0.25) is 0 Å². The molecule has 5 nitrogen and oxygen atoms in total. The molecular formula is C16H23N3O2. The average molecular weight is 289 g/mol. The topological polar surface area (TPSA) is 73.3 Å². The van der Waals surface area contributed by atoms with E-state index in [1.807, 2.05) is 25.1 Å². The number of aliphatic hydroxyl groups is 1. The lowest BCUT2D eigenvalue weighted by Gasteiger charge is -2.52. The van der Waals surface area contributed by atoms with Crippen molar-refractivity contribution in [2.75, 3.05) is 12.3 Å². The number of anilines is 1. The van der Waals surface area contributed by atoms with Gasteiger partial charge in [0.2, 0.25) is 0 Å². The van der Waals surface area contributed by atoms with E-state index in [2.05, 4.69) is 23.4 Å². The van der Waals surface area contributed by atoms with Crippen LogP contribution in [-0.4, -0.2) is 27.4 Å². The summed E-state index contributed by atoms with van der Waals surface area (Å²) in [6.45, 7) is 7.12. The number of aromatic nitrogens is 2. The molecule has 2 unspecified atom stereocenters. The standard InChI is InChI=1S/C16H23N3O2/c1-4-21-14-8-13(16(14,2)3)19-12-6-5-10(17)7-11(12)18-15(19)9-20/h5-7,13-14,20H,4,8-9,17H2,1-3H3. The van der Waals surface area contributed by atoms with Crippen LogP contribution < -0.4 is 5.73 Å². The van der Waals surface area contributed by atoms with E-state index in [0.717, 1.165) is 24.1 Å². The van der Waals surface area contributed by atoms with Crippen molar-refractivity contribution in [3.63, 3.8) is 0 Å². The Balaban J connectivity index is 2.05. The molecule has 3 N–H and O–H groups in total. The Bertz CT molecular complexity index is 663. The Labute approximate surface area is 124 Å². The predicted molar refractivity (Wildman–Crippen MR) is 82.9 cm³/mol. The van der Waals surface area contributed by atoms with Gasteiger partial charge in [0.25, 0.3) is 0 Å². The minimum Gasteiger partial charge on any atom is -0.399 e. The molecule has 0 aliphatic heterocycles. The van der Waals surface area contributed by atoms with Gasteiger partial charge in [0.1, 0.15) is 12.4 Å². The van der Waals surface area contributed by atoms with Crippen LogP contribution in [0, 0.1) is 5.41 Å². The lowest BCUT2D eigenvalue weighted by Crippen LogP contribution is -2.51. The summed E-state index contributed by atoms with van der Waals surface area (Å²) in [4.78, 5) is 4.52. The van der Waals surface area contributed by atoms with Gasteiger partial charge in [-0.1, -0.05) is 13.8 Å². The molecule has 21 heavy (non-hydrogen) atoms. The highest BCUT2D eigenvalue weighted by Gasteiger charge is 2.50. The smallest absolute Gasteiger partial charge is 0.135 e. The molecule has 2 atom stereocenters. The third-order valence-corrected chi connectivity index (χ3v) is 4.73. The first-order valence-corrected chi connectivity index (χ1v) is 7.47. The van der Waals surface area contributed by atoms with Crippen LogP contribution in [0.5, 0.6) is 0 Å². The van der Waals surface area contributed by atoms with Crippen LogP contribution in [0.3, 0.4) is 0 Å². The number of fused-ring (bicyclic) bond motifs is 1. The Morgan fingerprint density at radius 1 is 1.48 bits per heavy atom. The highest BCUT2D eigenvalue weighted by Crippen LogP contribution is 2.52. The number of aliphatic hydroxyl groups excluding tert-OH is 1. The molecule has 1 saturated carbocycles. The zero-order valence-corrected chi connectivity index (χ0v) is 12.8. The van der Waals surface area contributed by atoms with Crippen molar-refractivity contribution in [3.05, 3.63) is 24.0 Å². The number of nitrogens with zero attached hydrogens (tertiary/aromatic N) is 2. The van der Waals surface area contributed by atoms with E-state index in [1.54, 1.807) is 0 Å². The Kier molecular flexibility index (Phi) is 3.42. The Morgan fingerprint density at radius 2 is 2.24 bits per heavy atom. The highest BCUT2D eigenvalue weighted by atomic mass is 16.5. The molecule has 0 spiro atoms. The van der Waals surface area contributed by atoms with Crippen LogP contribution in [0.1, 0.15) is 39.1 Å². The highest BCUT2D eigenvalue weighted by molar-refractivity contribution is 5.80. The lowest BCUT2D eigenvalue weighted by molar-refractivity contribution is -0.127. The number of rotatable bonds is 4. The minimum absolute atomic E-state index is 0.0228. The van der Waals surface area contributed by atoms with Gasteiger partial charge in [-0.2, -0.15) is 0 Å². The first-order chi connectivity index (χ1) is 9.98. The number of hydrogen-bond acceptors (Lipinski definition) is 4. The van der Waals surface area contributed by atoms with Crippen LogP contribution in [-0.2, 0) is 11.3 Å². The summed E-state index contributed by atoms with van der Waals surface area (Å²) < 4.78 is 7.97. The maximum absolute atomic E-state index is 9.65. The van der Waals surface area contributed by atoms with Gasteiger partial charge in [-0.15, -0.1) is 0 Å². The quantitative estimate of drug-likeness (QED) is 0.848. The molecule has 1 heterocycles. The van der Waals surface area contributed by atoms with Crippen molar-refractivity contribution < 1.29 is 9.84 Å². The molecule has 3 rings (SSSR count). The van der Waals surface area contributed by atoms with Crippen LogP contribution in [0.4, 0.5) is 5.69 Å². The molecule has 0 amide bonds.